The third-order valence-corrected chi connectivity index (χ3v) is 4.04. The molecular formula is C21H17N. The molecule has 0 bridgehead atoms. The molecule has 4 aromatic rings. The van der Waals surface area contributed by atoms with Gasteiger partial charge in [0.15, 0.2) is 0 Å². The van der Waals surface area contributed by atoms with Crippen LogP contribution in [0.1, 0.15) is 5.56 Å². The molecule has 0 saturated carbocycles. The highest BCUT2D eigenvalue weighted by Crippen LogP contribution is 2.31. The second kappa shape index (κ2) is 5.19. The highest BCUT2D eigenvalue weighted by molar-refractivity contribution is 5.89. The maximum Gasteiger partial charge on any atom is 0.0540 e. The van der Waals surface area contributed by atoms with Gasteiger partial charge < -0.3 is 4.57 Å². The van der Waals surface area contributed by atoms with E-state index < -0.39 is 0 Å². The topological polar surface area (TPSA) is 4.93 Å². The fourth-order valence-corrected chi connectivity index (χ4v) is 3.02. The first-order valence-corrected chi connectivity index (χ1v) is 7.56. The summed E-state index contributed by atoms with van der Waals surface area (Å²) in [7, 11) is 0. The summed E-state index contributed by atoms with van der Waals surface area (Å²) in [5.41, 5.74) is 6.19. The Morgan fingerprint density at radius 2 is 1.45 bits per heavy atom. The zero-order valence-electron chi connectivity index (χ0n) is 12.5. The number of nitrogens with zero attached hydrogens (tertiary/aromatic N) is 1. The van der Waals surface area contributed by atoms with E-state index in [9.17, 15) is 0 Å². The van der Waals surface area contributed by atoms with Gasteiger partial charge in [-0.05, 0) is 42.3 Å². The van der Waals surface area contributed by atoms with Crippen molar-refractivity contribution in [1.82, 2.24) is 4.57 Å². The second-order valence-corrected chi connectivity index (χ2v) is 5.63. The van der Waals surface area contributed by atoms with Crippen LogP contribution < -0.4 is 0 Å². The summed E-state index contributed by atoms with van der Waals surface area (Å²) in [6.07, 6.45) is 0. The largest absolute Gasteiger partial charge is 0.309 e. The lowest BCUT2D eigenvalue weighted by Gasteiger charge is -2.12. The Kier molecular flexibility index (Phi) is 3.05. The molecule has 106 valence electrons. The van der Waals surface area contributed by atoms with Crippen LogP contribution in [0.2, 0.25) is 0 Å². The number of aromatic nitrogens is 1. The minimum absolute atomic E-state index is 1.21. The molecule has 0 saturated heterocycles. The molecule has 0 aliphatic rings. The first-order chi connectivity index (χ1) is 10.8. The van der Waals surface area contributed by atoms with Crippen LogP contribution in [0, 0.1) is 6.92 Å². The van der Waals surface area contributed by atoms with E-state index in [1.807, 2.05) is 0 Å². The van der Waals surface area contributed by atoms with Crippen molar-refractivity contribution in [3.63, 3.8) is 0 Å². The van der Waals surface area contributed by atoms with Crippen LogP contribution in [0.25, 0.3) is 27.8 Å². The Labute approximate surface area is 130 Å². The van der Waals surface area contributed by atoms with Crippen molar-refractivity contribution in [2.24, 2.45) is 0 Å². The van der Waals surface area contributed by atoms with E-state index in [4.69, 9.17) is 0 Å². The lowest BCUT2D eigenvalue weighted by molar-refractivity contribution is 1.13. The van der Waals surface area contributed by atoms with Crippen molar-refractivity contribution in [1.29, 1.82) is 0 Å². The first kappa shape index (κ1) is 12.9. The normalized spacial score (nSPS) is 11.0. The summed E-state index contributed by atoms with van der Waals surface area (Å²) >= 11 is 0. The molecule has 0 N–H and O–H groups in total. The monoisotopic (exact) mass is 283 g/mol. The quantitative estimate of drug-likeness (QED) is 0.451. The summed E-state index contributed by atoms with van der Waals surface area (Å²) in [5, 5.41) is 1.27. The van der Waals surface area contributed by atoms with Gasteiger partial charge in [0.25, 0.3) is 0 Å². The Morgan fingerprint density at radius 1 is 0.682 bits per heavy atom. The number of rotatable bonds is 2. The molecule has 1 heteroatoms. The van der Waals surface area contributed by atoms with Crippen molar-refractivity contribution >= 4 is 10.9 Å². The van der Waals surface area contributed by atoms with Gasteiger partial charge in [0.1, 0.15) is 0 Å². The molecule has 22 heavy (non-hydrogen) atoms. The van der Waals surface area contributed by atoms with Crippen LogP contribution in [0.15, 0.2) is 84.9 Å². The summed E-state index contributed by atoms with van der Waals surface area (Å²) in [6, 6.07) is 30.1. The lowest BCUT2D eigenvalue weighted by Crippen LogP contribution is -1.96. The van der Waals surface area contributed by atoms with Gasteiger partial charge in [0, 0.05) is 11.1 Å². The molecule has 4 rings (SSSR count). The van der Waals surface area contributed by atoms with Crippen molar-refractivity contribution < 1.29 is 0 Å². The molecule has 1 nitrogen and oxygen atoms in total. The molecule has 0 aliphatic carbocycles. The minimum Gasteiger partial charge on any atom is -0.309 e. The number of fused-ring (bicyclic) bond motifs is 1. The highest BCUT2D eigenvalue weighted by Gasteiger charge is 2.11. The highest BCUT2D eigenvalue weighted by atomic mass is 15.0. The maximum absolute atomic E-state index is 2.34. The fourth-order valence-electron chi connectivity index (χ4n) is 3.02. The van der Waals surface area contributed by atoms with Gasteiger partial charge in [-0.25, -0.2) is 0 Å². The van der Waals surface area contributed by atoms with Crippen LogP contribution in [0.5, 0.6) is 0 Å². The zero-order valence-corrected chi connectivity index (χ0v) is 12.5. The fraction of sp³-hybridized carbons (Fsp3) is 0.0476. The third-order valence-electron chi connectivity index (χ3n) is 4.04. The van der Waals surface area contributed by atoms with Crippen molar-refractivity contribution in [3.8, 4) is 16.9 Å². The van der Waals surface area contributed by atoms with Crippen molar-refractivity contribution in [2.45, 2.75) is 6.92 Å². The molecule has 0 radical (unpaired) electrons. The van der Waals surface area contributed by atoms with E-state index in [-0.39, 0.29) is 0 Å². The third kappa shape index (κ3) is 2.11. The van der Waals surface area contributed by atoms with Crippen molar-refractivity contribution in [3.05, 3.63) is 90.5 Å². The van der Waals surface area contributed by atoms with E-state index in [0.717, 1.165) is 0 Å². The minimum atomic E-state index is 1.21. The Morgan fingerprint density at radius 3 is 2.27 bits per heavy atom. The van der Waals surface area contributed by atoms with E-state index in [1.165, 1.54) is 33.4 Å². The average molecular weight is 283 g/mol. The van der Waals surface area contributed by atoms with Crippen LogP contribution >= 0.6 is 0 Å². The average Bonchev–Trinajstić information content (AvgIpc) is 2.95. The van der Waals surface area contributed by atoms with Gasteiger partial charge in [-0.15, -0.1) is 0 Å². The van der Waals surface area contributed by atoms with E-state index in [2.05, 4.69) is 96.4 Å². The van der Waals surface area contributed by atoms with Crippen LogP contribution in [-0.4, -0.2) is 4.57 Å². The Hall–Kier alpha value is -2.80. The molecule has 3 aromatic carbocycles. The molecule has 0 spiro atoms. The summed E-state index contributed by atoms with van der Waals surface area (Å²) in [6.45, 7) is 2.14. The number of hydrogen-bond acceptors (Lipinski definition) is 0. The van der Waals surface area contributed by atoms with Gasteiger partial charge in [-0.1, -0.05) is 60.7 Å². The number of hydrogen-bond donors (Lipinski definition) is 0. The van der Waals surface area contributed by atoms with Gasteiger partial charge >= 0.3 is 0 Å². The molecule has 0 aliphatic heterocycles. The van der Waals surface area contributed by atoms with E-state index >= 15 is 0 Å². The van der Waals surface area contributed by atoms with Gasteiger partial charge in [0.05, 0.1) is 11.2 Å². The van der Waals surface area contributed by atoms with Gasteiger partial charge in [0.2, 0.25) is 0 Å². The Balaban J connectivity index is 2.07. The van der Waals surface area contributed by atoms with E-state index in [1.54, 1.807) is 0 Å². The number of benzene rings is 3. The summed E-state index contributed by atoms with van der Waals surface area (Å²) in [5.74, 6) is 0. The predicted octanol–water partition coefficient (Wildman–Crippen LogP) is 5.61. The maximum atomic E-state index is 2.34. The van der Waals surface area contributed by atoms with Crippen LogP contribution in [-0.2, 0) is 0 Å². The van der Waals surface area contributed by atoms with Crippen molar-refractivity contribution in [2.75, 3.05) is 0 Å². The van der Waals surface area contributed by atoms with Crippen LogP contribution in [0.4, 0.5) is 0 Å². The predicted molar refractivity (Wildman–Crippen MR) is 93.4 cm³/mol. The SMILES string of the molecule is Cc1cccc(-n2c(-c3ccccc3)cc3ccccc32)c1. The van der Waals surface area contributed by atoms with E-state index in [0.29, 0.717) is 0 Å². The van der Waals surface area contributed by atoms with Gasteiger partial charge in [-0.3, -0.25) is 0 Å². The second-order valence-electron chi connectivity index (χ2n) is 5.63. The van der Waals surface area contributed by atoms with Crippen LogP contribution in [0.3, 0.4) is 0 Å². The first-order valence-electron chi connectivity index (χ1n) is 7.56. The molecule has 1 heterocycles. The molecule has 1 aromatic heterocycles. The number of para-hydroxylation sites is 1. The summed E-state index contributed by atoms with van der Waals surface area (Å²) in [4.78, 5) is 0. The number of aryl methyl sites for hydroxylation is 1. The molecule has 0 unspecified atom stereocenters. The smallest absolute Gasteiger partial charge is 0.0540 e. The molecular weight excluding hydrogens is 266 g/mol. The Bertz CT molecular complexity index is 932. The lowest BCUT2D eigenvalue weighted by atomic mass is 10.1. The molecule has 0 atom stereocenters. The standard InChI is InChI=1S/C21H17N/c1-16-8-7-12-19(14-16)22-20-13-6-5-11-18(20)15-21(22)17-9-3-2-4-10-17/h2-15H,1H3. The molecule has 0 fully saturated rings. The summed E-state index contributed by atoms with van der Waals surface area (Å²) < 4.78 is 2.34. The van der Waals surface area contributed by atoms with Gasteiger partial charge in [-0.2, -0.15) is 0 Å². The zero-order chi connectivity index (χ0) is 14.9. The molecule has 0 amide bonds.